The van der Waals surface area contributed by atoms with Crippen LogP contribution in [0.3, 0.4) is 0 Å². The Morgan fingerprint density at radius 2 is 2.20 bits per heavy atom. The van der Waals surface area contributed by atoms with Gasteiger partial charge in [-0.25, -0.2) is 9.78 Å². The summed E-state index contributed by atoms with van der Waals surface area (Å²) in [6.07, 6.45) is 1.23. The van der Waals surface area contributed by atoms with E-state index in [1.54, 1.807) is 31.2 Å². The van der Waals surface area contributed by atoms with Gasteiger partial charge in [-0.3, -0.25) is 4.79 Å². The van der Waals surface area contributed by atoms with Crippen LogP contribution in [-0.4, -0.2) is 26.5 Å². The van der Waals surface area contributed by atoms with Crippen LogP contribution in [0, 0.1) is 6.92 Å². The van der Waals surface area contributed by atoms with Crippen molar-refractivity contribution in [1.82, 2.24) is 9.55 Å². The number of nitrogens with one attached hydrogen (secondary N) is 1. The molecule has 0 saturated heterocycles. The minimum Gasteiger partial charge on any atom is -0.477 e. The second-order valence-corrected chi connectivity index (χ2v) is 4.58. The zero-order valence-electron chi connectivity index (χ0n) is 10.6. The van der Waals surface area contributed by atoms with Gasteiger partial charge in [0, 0.05) is 10.7 Å². The first-order valence-electron chi connectivity index (χ1n) is 5.78. The maximum atomic E-state index is 11.9. The molecule has 2 rings (SSSR count). The minimum atomic E-state index is -1.12. The Balaban J connectivity index is 2.12. The van der Waals surface area contributed by atoms with Crippen LogP contribution in [0.15, 0.2) is 30.5 Å². The molecule has 104 valence electrons. The van der Waals surface area contributed by atoms with Crippen LogP contribution in [-0.2, 0) is 11.3 Å². The van der Waals surface area contributed by atoms with Gasteiger partial charge in [0.05, 0.1) is 6.20 Å². The summed E-state index contributed by atoms with van der Waals surface area (Å²) in [4.78, 5) is 26.8. The molecule has 0 unspecified atom stereocenters. The number of benzene rings is 1. The van der Waals surface area contributed by atoms with Gasteiger partial charge in [0.25, 0.3) is 0 Å². The number of anilines is 1. The quantitative estimate of drug-likeness (QED) is 0.905. The second-order valence-electron chi connectivity index (χ2n) is 4.14. The highest BCUT2D eigenvalue weighted by Gasteiger charge is 2.15. The number of aromatic carboxylic acids is 1. The van der Waals surface area contributed by atoms with Gasteiger partial charge < -0.3 is 15.0 Å². The molecule has 0 fully saturated rings. The number of amides is 1. The summed E-state index contributed by atoms with van der Waals surface area (Å²) in [6, 6.07) is 6.71. The van der Waals surface area contributed by atoms with E-state index >= 15 is 0 Å². The third kappa shape index (κ3) is 3.16. The fourth-order valence-electron chi connectivity index (χ4n) is 1.75. The molecule has 1 amide bonds. The van der Waals surface area contributed by atoms with Crippen molar-refractivity contribution in [1.29, 1.82) is 0 Å². The molecule has 7 heteroatoms. The van der Waals surface area contributed by atoms with E-state index in [0.717, 1.165) is 0 Å². The zero-order chi connectivity index (χ0) is 14.7. The van der Waals surface area contributed by atoms with Gasteiger partial charge in [-0.1, -0.05) is 17.7 Å². The minimum absolute atomic E-state index is 0.0243. The van der Waals surface area contributed by atoms with E-state index in [0.29, 0.717) is 16.5 Å². The van der Waals surface area contributed by atoms with Crippen LogP contribution in [0.5, 0.6) is 0 Å². The Morgan fingerprint density at radius 3 is 2.85 bits per heavy atom. The Kier molecular flexibility index (Phi) is 4.05. The van der Waals surface area contributed by atoms with Crippen LogP contribution in [0.25, 0.3) is 0 Å². The van der Waals surface area contributed by atoms with Crippen molar-refractivity contribution in [3.63, 3.8) is 0 Å². The van der Waals surface area contributed by atoms with Crippen molar-refractivity contribution in [2.45, 2.75) is 13.5 Å². The van der Waals surface area contributed by atoms with Crippen LogP contribution >= 0.6 is 11.6 Å². The smallest absolute Gasteiger partial charge is 0.354 e. The molecule has 1 heterocycles. The number of rotatable bonds is 4. The first kappa shape index (κ1) is 14.1. The largest absolute Gasteiger partial charge is 0.477 e. The summed E-state index contributed by atoms with van der Waals surface area (Å²) in [5, 5.41) is 12.2. The standard InChI is InChI=1S/C13H12ClN3O3/c1-8-15-6-11(13(19)20)17(8)7-12(18)16-10-4-2-3-9(14)5-10/h2-6H,7H2,1H3,(H,16,18)(H,19,20). The molecule has 0 aliphatic carbocycles. The van der Waals surface area contributed by atoms with Crippen molar-refractivity contribution in [2.24, 2.45) is 0 Å². The molecule has 0 atom stereocenters. The van der Waals surface area contributed by atoms with Crippen LogP contribution < -0.4 is 5.32 Å². The topological polar surface area (TPSA) is 84.2 Å². The lowest BCUT2D eigenvalue weighted by molar-refractivity contribution is -0.116. The molecular formula is C13H12ClN3O3. The lowest BCUT2D eigenvalue weighted by Crippen LogP contribution is -2.22. The Bertz CT molecular complexity index is 667. The number of carboxylic acid groups (broad SMARTS) is 1. The molecule has 0 radical (unpaired) electrons. The summed E-state index contributed by atoms with van der Waals surface area (Å²) in [5.41, 5.74) is 0.529. The number of carbonyl (C=O) groups excluding carboxylic acids is 1. The number of carbonyl (C=O) groups is 2. The Labute approximate surface area is 120 Å². The summed E-state index contributed by atoms with van der Waals surface area (Å²) < 4.78 is 1.34. The number of aryl methyl sites for hydroxylation is 1. The van der Waals surface area contributed by atoms with Crippen molar-refractivity contribution < 1.29 is 14.7 Å². The van der Waals surface area contributed by atoms with Gasteiger partial charge in [-0.15, -0.1) is 0 Å². The molecule has 0 aliphatic rings. The average Bonchev–Trinajstić information content (AvgIpc) is 2.71. The highest BCUT2D eigenvalue weighted by Crippen LogP contribution is 2.15. The fraction of sp³-hybridized carbons (Fsp3) is 0.154. The van der Waals surface area contributed by atoms with E-state index in [4.69, 9.17) is 16.7 Å². The van der Waals surface area contributed by atoms with E-state index in [-0.39, 0.29) is 18.1 Å². The van der Waals surface area contributed by atoms with Crippen molar-refractivity contribution >= 4 is 29.2 Å². The number of halogens is 1. The normalized spacial score (nSPS) is 10.3. The van der Waals surface area contributed by atoms with Crippen LogP contribution in [0.4, 0.5) is 5.69 Å². The monoisotopic (exact) mass is 293 g/mol. The van der Waals surface area contributed by atoms with E-state index in [2.05, 4.69) is 10.3 Å². The summed E-state index contributed by atoms with van der Waals surface area (Å²) in [6.45, 7) is 1.51. The maximum Gasteiger partial charge on any atom is 0.354 e. The lowest BCUT2D eigenvalue weighted by Gasteiger charge is -2.09. The predicted molar refractivity (Wildman–Crippen MR) is 74.0 cm³/mol. The molecule has 2 aromatic rings. The first-order valence-corrected chi connectivity index (χ1v) is 6.16. The average molecular weight is 294 g/mol. The maximum absolute atomic E-state index is 11.9. The molecular weight excluding hydrogens is 282 g/mol. The number of hydrogen-bond donors (Lipinski definition) is 2. The highest BCUT2D eigenvalue weighted by molar-refractivity contribution is 6.30. The van der Waals surface area contributed by atoms with E-state index < -0.39 is 5.97 Å². The van der Waals surface area contributed by atoms with Crippen LogP contribution in [0.2, 0.25) is 5.02 Å². The van der Waals surface area contributed by atoms with Gasteiger partial charge >= 0.3 is 5.97 Å². The molecule has 0 bridgehead atoms. The summed E-state index contributed by atoms with van der Waals surface area (Å²) >= 11 is 5.82. The fourth-order valence-corrected chi connectivity index (χ4v) is 1.94. The molecule has 0 saturated carbocycles. The van der Waals surface area contributed by atoms with Gasteiger partial charge in [-0.2, -0.15) is 0 Å². The third-order valence-corrected chi connectivity index (χ3v) is 2.92. The van der Waals surface area contributed by atoms with Crippen molar-refractivity contribution in [3.05, 3.63) is 47.0 Å². The molecule has 1 aromatic heterocycles. The summed E-state index contributed by atoms with van der Waals surface area (Å²) in [5.74, 6) is -1.01. The number of aromatic nitrogens is 2. The molecule has 0 spiro atoms. The lowest BCUT2D eigenvalue weighted by atomic mass is 10.3. The van der Waals surface area contributed by atoms with Crippen LogP contribution in [0.1, 0.15) is 16.3 Å². The molecule has 1 aromatic carbocycles. The number of nitrogens with zero attached hydrogens (tertiary/aromatic N) is 2. The highest BCUT2D eigenvalue weighted by atomic mass is 35.5. The van der Waals surface area contributed by atoms with E-state index in [9.17, 15) is 9.59 Å². The Hall–Kier alpha value is -2.34. The zero-order valence-corrected chi connectivity index (χ0v) is 11.4. The van der Waals surface area contributed by atoms with Gasteiger partial charge in [-0.05, 0) is 25.1 Å². The van der Waals surface area contributed by atoms with Gasteiger partial charge in [0.1, 0.15) is 18.1 Å². The number of carboxylic acids is 1. The summed E-state index contributed by atoms with van der Waals surface area (Å²) in [7, 11) is 0. The molecule has 2 N–H and O–H groups in total. The van der Waals surface area contributed by atoms with Gasteiger partial charge in [0.2, 0.25) is 5.91 Å². The van der Waals surface area contributed by atoms with Gasteiger partial charge in [0.15, 0.2) is 0 Å². The SMILES string of the molecule is Cc1ncc(C(=O)O)n1CC(=O)Nc1cccc(Cl)c1. The molecule has 0 aliphatic heterocycles. The number of hydrogen-bond acceptors (Lipinski definition) is 3. The van der Waals surface area contributed by atoms with E-state index in [1.165, 1.54) is 10.8 Å². The predicted octanol–water partition coefficient (Wildman–Crippen LogP) is 2.18. The second kappa shape index (κ2) is 5.75. The first-order chi connectivity index (χ1) is 9.47. The van der Waals surface area contributed by atoms with E-state index in [1.807, 2.05) is 0 Å². The Morgan fingerprint density at radius 1 is 1.45 bits per heavy atom. The molecule has 6 nitrogen and oxygen atoms in total. The van der Waals surface area contributed by atoms with Crippen molar-refractivity contribution in [2.75, 3.05) is 5.32 Å². The third-order valence-electron chi connectivity index (χ3n) is 2.68. The number of imidazole rings is 1. The van der Waals surface area contributed by atoms with Crippen molar-refractivity contribution in [3.8, 4) is 0 Å². The molecule has 20 heavy (non-hydrogen) atoms.